The van der Waals surface area contributed by atoms with E-state index in [0.29, 0.717) is 68.5 Å². The molecule has 2 aliphatic rings. The van der Waals surface area contributed by atoms with Gasteiger partial charge in [-0.25, -0.2) is 0 Å². The Morgan fingerprint density at radius 3 is 2.68 bits per heavy atom. The maximum absolute atomic E-state index is 10.7. The third kappa shape index (κ3) is 8.45. The minimum atomic E-state index is -0.900. The molecule has 1 fully saturated rings. The first-order valence-corrected chi connectivity index (χ1v) is 11.0. The summed E-state index contributed by atoms with van der Waals surface area (Å²) >= 11 is 6.32. The van der Waals surface area contributed by atoms with Gasteiger partial charge in [0.05, 0.1) is 30.4 Å². The standard InChI is InChI=1S/C21H33ClN4O4.HI/c1-3-23-20(25-14-21(2,27)15-26-6-8-28-9-7-26)24-5-4-16-12-17(22)19-18(13-16)29-10-11-30-19;/h12-13,27H,3-11,14-15H2,1-2H3,(H2,23,24,25);1H. The number of hydrogen-bond acceptors (Lipinski definition) is 6. The number of hydrogen-bond donors (Lipinski definition) is 3. The number of nitrogens with zero attached hydrogens (tertiary/aromatic N) is 2. The van der Waals surface area contributed by atoms with Gasteiger partial charge in [0.1, 0.15) is 13.2 Å². The molecule has 0 saturated carbocycles. The molecule has 8 nitrogen and oxygen atoms in total. The fraction of sp³-hybridized carbons (Fsp3) is 0.667. The van der Waals surface area contributed by atoms with Crippen LogP contribution in [0.2, 0.25) is 5.02 Å². The predicted molar refractivity (Wildman–Crippen MR) is 133 cm³/mol. The highest BCUT2D eigenvalue weighted by Gasteiger charge is 2.25. The summed E-state index contributed by atoms with van der Waals surface area (Å²) in [4.78, 5) is 6.80. The number of ether oxygens (including phenoxy) is 3. The molecule has 0 radical (unpaired) electrons. The van der Waals surface area contributed by atoms with Crippen LogP contribution in [-0.4, -0.2) is 87.3 Å². The highest BCUT2D eigenvalue weighted by molar-refractivity contribution is 14.0. The van der Waals surface area contributed by atoms with Crippen LogP contribution in [0.15, 0.2) is 17.1 Å². The minimum absolute atomic E-state index is 0. The number of benzene rings is 1. The fourth-order valence-electron chi connectivity index (χ4n) is 3.52. The predicted octanol–water partition coefficient (Wildman–Crippen LogP) is 1.91. The molecular formula is C21H34ClIN4O4. The van der Waals surface area contributed by atoms with Crippen molar-refractivity contribution in [1.82, 2.24) is 15.5 Å². The van der Waals surface area contributed by atoms with Gasteiger partial charge in [0.25, 0.3) is 0 Å². The van der Waals surface area contributed by atoms with Gasteiger partial charge in [-0.15, -0.1) is 24.0 Å². The lowest BCUT2D eigenvalue weighted by atomic mass is 10.1. The summed E-state index contributed by atoms with van der Waals surface area (Å²) in [5.41, 5.74) is 0.162. The van der Waals surface area contributed by atoms with Gasteiger partial charge in [-0.05, 0) is 38.0 Å². The van der Waals surface area contributed by atoms with E-state index in [1.54, 1.807) is 0 Å². The molecular weight excluding hydrogens is 535 g/mol. The van der Waals surface area contributed by atoms with Crippen LogP contribution in [0.25, 0.3) is 0 Å². The molecule has 1 unspecified atom stereocenters. The summed E-state index contributed by atoms with van der Waals surface area (Å²) in [5, 5.41) is 17.9. The van der Waals surface area contributed by atoms with E-state index in [1.165, 1.54) is 0 Å². The summed E-state index contributed by atoms with van der Waals surface area (Å²) < 4.78 is 16.6. The number of aliphatic imine (C=N–C) groups is 1. The van der Waals surface area contributed by atoms with E-state index in [0.717, 1.165) is 31.6 Å². The first-order valence-electron chi connectivity index (χ1n) is 10.6. The third-order valence-corrected chi connectivity index (χ3v) is 5.23. The normalized spacial score (nSPS) is 18.6. The van der Waals surface area contributed by atoms with E-state index < -0.39 is 5.60 Å². The quantitative estimate of drug-likeness (QED) is 0.251. The summed E-state index contributed by atoms with van der Waals surface area (Å²) in [6.07, 6.45) is 0.755. The van der Waals surface area contributed by atoms with Crippen molar-refractivity contribution in [1.29, 1.82) is 0 Å². The van der Waals surface area contributed by atoms with Gasteiger partial charge < -0.3 is 30.0 Å². The van der Waals surface area contributed by atoms with Gasteiger partial charge in [-0.2, -0.15) is 0 Å². The van der Waals surface area contributed by atoms with Crippen molar-refractivity contribution < 1.29 is 19.3 Å². The van der Waals surface area contributed by atoms with Crippen molar-refractivity contribution in [3.05, 3.63) is 22.7 Å². The molecule has 176 valence electrons. The van der Waals surface area contributed by atoms with Gasteiger partial charge in [0.15, 0.2) is 17.5 Å². The van der Waals surface area contributed by atoms with Gasteiger partial charge in [0, 0.05) is 32.7 Å². The molecule has 0 aliphatic carbocycles. The molecule has 0 aromatic heterocycles. The summed E-state index contributed by atoms with van der Waals surface area (Å²) in [6.45, 7) is 10.3. The number of nitrogens with one attached hydrogen (secondary N) is 2. The van der Waals surface area contributed by atoms with E-state index in [1.807, 2.05) is 26.0 Å². The summed E-state index contributed by atoms with van der Waals surface area (Å²) in [6, 6.07) is 3.88. The Balaban J connectivity index is 0.00000341. The molecule has 31 heavy (non-hydrogen) atoms. The zero-order chi connectivity index (χ0) is 21.4. The smallest absolute Gasteiger partial charge is 0.191 e. The number of β-amino-alcohol motifs (C(OH)–C–C–N with tert-alkyl or cyclic N) is 1. The van der Waals surface area contributed by atoms with Gasteiger partial charge in [-0.1, -0.05) is 11.6 Å². The SMILES string of the molecule is CCNC(=NCC(C)(O)CN1CCOCC1)NCCc1cc(Cl)c2c(c1)OCCO2.I. The lowest BCUT2D eigenvalue weighted by molar-refractivity contribution is -0.0179. The van der Waals surface area contributed by atoms with Gasteiger partial charge in [0.2, 0.25) is 0 Å². The maximum Gasteiger partial charge on any atom is 0.191 e. The lowest BCUT2D eigenvalue weighted by Gasteiger charge is -2.33. The van der Waals surface area contributed by atoms with E-state index in [2.05, 4.69) is 20.5 Å². The molecule has 1 aromatic rings. The van der Waals surface area contributed by atoms with Crippen LogP contribution in [0.4, 0.5) is 0 Å². The summed E-state index contributed by atoms with van der Waals surface area (Å²) in [5.74, 6) is 2.00. The first-order chi connectivity index (χ1) is 14.5. The second kappa shape index (κ2) is 12.9. The van der Waals surface area contributed by atoms with Gasteiger partial charge >= 0.3 is 0 Å². The lowest BCUT2D eigenvalue weighted by Crippen LogP contribution is -2.48. The fourth-order valence-corrected chi connectivity index (χ4v) is 3.80. The van der Waals surface area contributed by atoms with Crippen molar-refractivity contribution in [2.45, 2.75) is 25.9 Å². The highest BCUT2D eigenvalue weighted by Crippen LogP contribution is 2.38. The third-order valence-electron chi connectivity index (χ3n) is 4.95. The Hall–Kier alpha value is -1.01. The van der Waals surface area contributed by atoms with Crippen molar-refractivity contribution in [2.75, 3.05) is 65.7 Å². The second-order valence-electron chi connectivity index (χ2n) is 7.86. The zero-order valence-electron chi connectivity index (χ0n) is 18.3. The molecule has 0 spiro atoms. The van der Waals surface area contributed by atoms with Crippen LogP contribution in [0, 0.1) is 0 Å². The number of guanidine groups is 1. The molecule has 0 amide bonds. The highest BCUT2D eigenvalue weighted by atomic mass is 127. The van der Waals surface area contributed by atoms with Crippen molar-refractivity contribution in [2.24, 2.45) is 4.99 Å². The van der Waals surface area contributed by atoms with Crippen LogP contribution in [-0.2, 0) is 11.2 Å². The van der Waals surface area contributed by atoms with E-state index in [9.17, 15) is 5.11 Å². The van der Waals surface area contributed by atoms with E-state index in [4.69, 9.17) is 25.8 Å². The Bertz CT molecular complexity index is 730. The van der Waals surface area contributed by atoms with Crippen molar-refractivity contribution in [3.63, 3.8) is 0 Å². The number of rotatable bonds is 8. The Labute approximate surface area is 206 Å². The Kier molecular flexibility index (Phi) is 10.9. The topological polar surface area (TPSA) is 87.6 Å². The zero-order valence-corrected chi connectivity index (χ0v) is 21.4. The molecule has 10 heteroatoms. The number of aliphatic hydroxyl groups is 1. The monoisotopic (exact) mass is 568 g/mol. The average Bonchev–Trinajstić information content (AvgIpc) is 2.72. The molecule has 3 rings (SSSR count). The number of fused-ring (bicyclic) bond motifs is 1. The molecule has 2 aliphatic heterocycles. The van der Waals surface area contributed by atoms with Crippen LogP contribution in [0.5, 0.6) is 11.5 Å². The Morgan fingerprint density at radius 1 is 1.19 bits per heavy atom. The first kappa shape index (κ1) is 26.2. The Morgan fingerprint density at radius 2 is 1.94 bits per heavy atom. The summed E-state index contributed by atoms with van der Waals surface area (Å²) in [7, 11) is 0. The van der Waals surface area contributed by atoms with Gasteiger partial charge in [-0.3, -0.25) is 9.89 Å². The number of morpholine rings is 1. The van der Waals surface area contributed by atoms with E-state index >= 15 is 0 Å². The molecule has 1 atom stereocenters. The average molecular weight is 569 g/mol. The molecule has 1 saturated heterocycles. The number of halogens is 2. The van der Waals surface area contributed by atoms with Crippen LogP contribution in [0.3, 0.4) is 0 Å². The second-order valence-corrected chi connectivity index (χ2v) is 8.27. The van der Waals surface area contributed by atoms with Crippen LogP contribution >= 0.6 is 35.6 Å². The molecule has 3 N–H and O–H groups in total. The van der Waals surface area contributed by atoms with Crippen LogP contribution < -0.4 is 20.1 Å². The van der Waals surface area contributed by atoms with Crippen LogP contribution in [0.1, 0.15) is 19.4 Å². The molecule has 0 bridgehead atoms. The molecule has 2 heterocycles. The van der Waals surface area contributed by atoms with Crippen molar-refractivity contribution >= 4 is 41.5 Å². The molecule has 1 aromatic carbocycles. The largest absolute Gasteiger partial charge is 0.486 e. The van der Waals surface area contributed by atoms with Crippen molar-refractivity contribution in [3.8, 4) is 11.5 Å². The maximum atomic E-state index is 10.7. The minimum Gasteiger partial charge on any atom is -0.486 e. The van der Waals surface area contributed by atoms with E-state index in [-0.39, 0.29) is 24.0 Å².